The van der Waals surface area contributed by atoms with Gasteiger partial charge in [0.2, 0.25) is 0 Å². The molecule has 0 aromatic rings. The summed E-state index contributed by atoms with van der Waals surface area (Å²) >= 11 is 0. The van der Waals surface area contributed by atoms with Crippen LogP contribution in [0, 0.1) is 5.41 Å². The number of nitrogens with one attached hydrogen (secondary N) is 1. The Labute approximate surface area is 89.1 Å². The minimum absolute atomic E-state index is 0.413. The maximum absolute atomic E-state index is 3.53. The molecule has 1 rings (SSSR count). The Balaban J connectivity index is 2.04. The van der Waals surface area contributed by atoms with E-state index >= 15 is 0 Å². The van der Waals surface area contributed by atoms with Crippen molar-refractivity contribution in [3.8, 4) is 0 Å². The van der Waals surface area contributed by atoms with E-state index in [2.05, 4.69) is 37.9 Å². The third-order valence-corrected chi connectivity index (χ3v) is 2.92. The number of hydrogen-bond acceptors (Lipinski definition) is 2. The highest BCUT2D eigenvalue weighted by molar-refractivity contribution is 4.76. The summed E-state index contributed by atoms with van der Waals surface area (Å²) < 4.78 is 0. The summed E-state index contributed by atoms with van der Waals surface area (Å²) in [5.74, 6) is 0. The van der Waals surface area contributed by atoms with Gasteiger partial charge in [0.25, 0.3) is 0 Å². The van der Waals surface area contributed by atoms with E-state index in [1.165, 1.54) is 25.9 Å². The first-order valence-electron chi connectivity index (χ1n) is 5.94. The average molecular weight is 198 g/mol. The molecule has 0 spiro atoms. The van der Waals surface area contributed by atoms with Crippen molar-refractivity contribution in [2.75, 3.05) is 26.2 Å². The molecule has 0 amide bonds. The van der Waals surface area contributed by atoms with Crippen LogP contribution in [0.5, 0.6) is 0 Å². The standard InChI is InChI=1S/C12H26N2/c1-11-6-5-8-14(11)9-7-13-10-12(2,3)4/h11,13H,5-10H2,1-4H3. The Morgan fingerprint density at radius 1 is 1.36 bits per heavy atom. The Hall–Kier alpha value is -0.0800. The molecule has 1 aliphatic rings. The molecule has 0 aromatic heterocycles. The van der Waals surface area contributed by atoms with Crippen molar-refractivity contribution in [3.05, 3.63) is 0 Å². The van der Waals surface area contributed by atoms with Crippen LogP contribution in [0.4, 0.5) is 0 Å². The zero-order chi connectivity index (χ0) is 10.6. The largest absolute Gasteiger partial charge is 0.315 e. The van der Waals surface area contributed by atoms with Crippen LogP contribution in [0.2, 0.25) is 0 Å². The molecule has 1 saturated heterocycles. The second-order valence-corrected chi connectivity index (χ2v) is 5.76. The number of rotatable bonds is 4. The van der Waals surface area contributed by atoms with Gasteiger partial charge >= 0.3 is 0 Å². The first kappa shape index (κ1) is 12.0. The van der Waals surface area contributed by atoms with Crippen molar-refractivity contribution in [1.29, 1.82) is 0 Å². The molecular weight excluding hydrogens is 172 g/mol. The van der Waals surface area contributed by atoms with E-state index in [1.54, 1.807) is 0 Å². The van der Waals surface area contributed by atoms with Crippen LogP contribution in [0.25, 0.3) is 0 Å². The van der Waals surface area contributed by atoms with Crippen molar-refractivity contribution in [2.24, 2.45) is 5.41 Å². The fraction of sp³-hybridized carbons (Fsp3) is 1.00. The third-order valence-electron chi connectivity index (χ3n) is 2.92. The number of nitrogens with zero attached hydrogens (tertiary/aromatic N) is 1. The van der Waals surface area contributed by atoms with E-state index in [0.717, 1.165) is 19.1 Å². The summed E-state index contributed by atoms with van der Waals surface area (Å²) in [6.07, 6.45) is 2.78. The van der Waals surface area contributed by atoms with Gasteiger partial charge in [0.15, 0.2) is 0 Å². The van der Waals surface area contributed by atoms with Crippen molar-refractivity contribution < 1.29 is 0 Å². The molecule has 0 saturated carbocycles. The second kappa shape index (κ2) is 5.13. The predicted molar refractivity (Wildman–Crippen MR) is 62.6 cm³/mol. The van der Waals surface area contributed by atoms with Crippen LogP contribution in [-0.2, 0) is 0 Å². The summed E-state index contributed by atoms with van der Waals surface area (Å²) in [7, 11) is 0. The van der Waals surface area contributed by atoms with E-state index in [-0.39, 0.29) is 0 Å². The molecular formula is C12H26N2. The smallest absolute Gasteiger partial charge is 0.0110 e. The zero-order valence-corrected chi connectivity index (χ0v) is 10.3. The fourth-order valence-corrected chi connectivity index (χ4v) is 2.01. The van der Waals surface area contributed by atoms with Gasteiger partial charge in [-0.1, -0.05) is 20.8 Å². The molecule has 1 unspecified atom stereocenters. The third kappa shape index (κ3) is 4.43. The Kier molecular flexibility index (Phi) is 4.39. The lowest BCUT2D eigenvalue weighted by atomic mass is 9.97. The lowest BCUT2D eigenvalue weighted by Gasteiger charge is -2.23. The Bertz CT molecular complexity index is 160. The molecule has 1 aliphatic heterocycles. The molecule has 0 radical (unpaired) electrons. The van der Waals surface area contributed by atoms with Crippen LogP contribution in [0.3, 0.4) is 0 Å². The van der Waals surface area contributed by atoms with Gasteiger partial charge in [-0.05, 0) is 31.7 Å². The summed E-state index contributed by atoms with van der Waals surface area (Å²) in [4.78, 5) is 2.59. The van der Waals surface area contributed by atoms with E-state index in [4.69, 9.17) is 0 Å². The van der Waals surface area contributed by atoms with E-state index in [1.807, 2.05) is 0 Å². The number of likely N-dealkylation sites (tertiary alicyclic amines) is 1. The molecule has 1 atom stereocenters. The first-order chi connectivity index (χ1) is 6.49. The van der Waals surface area contributed by atoms with Gasteiger partial charge in [-0.15, -0.1) is 0 Å². The minimum atomic E-state index is 0.413. The van der Waals surface area contributed by atoms with Crippen molar-refractivity contribution >= 4 is 0 Å². The minimum Gasteiger partial charge on any atom is -0.315 e. The van der Waals surface area contributed by atoms with Gasteiger partial charge in [-0.25, -0.2) is 0 Å². The van der Waals surface area contributed by atoms with Gasteiger partial charge in [0, 0.05) is 25.7 Å². The molecule has 1 fully saturated rings. The van der Waals surface area contributed by atoms with E-state index in [9.17, 15) is 0 Å². The molecule has 0 aliphatic carbocycles. The van der Waals surface area contributed by atoms with Gasteiger partial charge < -0.3 is 5.32 Å². The molecule has 1 N–H and O–H groups in total. The van der Waals surface area contributed by atoms with Crippen molar-refractivity contribution in [3.63, 3.8) is 0 Å². The van der Waals surface area contributed by atoms with Gasteiger partial charge in [-0.2, -0.15) is 0 Å². The van der Waals surface area contributed by atoms with Crippen LogP contribution < -0.4 is 5.32 Å². The molecule has 2 heteroatoms. The monoisotopic (exact) mass is 198 g/mol. The molecule has 14 heavy (non-hydrogen) atoms. The molecule has 1 heterocycles. The molecule has 84 valence electrons. The van der Waals surface area contributed by atoms with Crippen molar-refractivity contribution in [2.45, 2.75) is 46.6 Å². The maximum atomic E-state index is 3.53. The van der Waals surface area contributed by atoms with Crippen LogP contribution in [-0.4, -0.2) is 37.1 Å². The predicted octanol–water partition coefficient (Wildman–Crippen LogP) is 2.11. The maximum Gasteiger partial charge on any atom is 0.0110 e. The first-order valence-corrected chi connectivity index (χ1v) is 5.94. The summed E-state index contributed by atoms with van der Waals surface area (Å²) in [5, 5.41) is 3.53. The zero-order valence-electron chi connectivity index (χ0n) is 10.3. The highest BCUT2D eigenvalue weighted by Gasteiger charge is 2.19. The van der Waals surface area contributed by atoms with Gasteiger partial charge in [0.1, 0.15) is 0 Å². The summed E-state index contributed by atoms with van der Waals surface area (Å²) in [6, 6.07) is 0.812. The van der Waals surface area contributed by atoms with E-state index < -0.39 is 0 Å². The molecule has 2 nitrogen and oxygen atoms in total. The fourth-order valence-electron chi connectivity index (χ4n) is 2.01. The topological polar surface area (TPSA) is 15.3 Å². The average Bonchev–Trinajstić information content (AvgIpc) is 2.44. The van der Waals surface area contributed by atoms with Crippen molar-refractivity contribution in [1.82, 2.24) is 10.2 Å². The highest BCUT2D eigenvalue weighted by Crippen LogP contribution is 2.15. The normalized spacial score (nSPS) is 24.4. The second-order valence-electron chi connectivity index (χ2n) is 5.76. The van der Waals surface area contributed by atoms with Crippen LogP contribution in [0.15, 0.2) is 0 Å². The summed E-state index contributed by atoms with van der Waals surface area (Å²) in [5.41, 5.74) is 0.413. The van der Waals surface area contributed by atoms with E-state index in [0.29, 0.717) is 5.41 Å². The molecule has 0 bridgehead atoms. The lowest BCUT2D eigenvalue weighted by molar-refractivity contribution is 0.261. The quantitative estimate of drug-likeness (QED) is 0.696. The number of hydrogen-bond donors (Lipinski definition) is 1. The molecule has 0 aromatic carbocycles. The Morgan fingerprint density at radius 2 is 2.07 bits per heavy atom. The lowest BCUT2D eigenvalue weighted by Crippen LogP contribution is -2.36. The Morgan fingerprint density at radius 3 is 2.57 bits per heavy atom. The van der Waals surface area contributed by atoms with Crippen LogP contribution >= 0.6 is 0 Å². The van der Waals surface area contributed by atoms with Gasteiger partial charge in [0.05, 0.1) is 0 Å². The van der Waals surface area contributed by atoms with Crippen LogP contribution in [0.1, 0.15) is 40.5 Å². The summed E-state index contributed by atoms with van der Waals surface area (Å²) in [6.45, 7) is 14.0. The highest BCUT2D eigenvalue weighted by atomic mass is 15.2. The SMILES string of the molecule is CC1CCCN1CCNCC(C)(C)C. The van der Waals surface area contributed by atoms with Gasteiger partial charge in [-0.3, -0.25) is 4.90 Å².